The lowest BCUT2D eigenvalue weighted by Gasteiger charge is -2.09. The summed E-state index contributed by atoms with van der Waals surface area (Å²) in [5, 5.41) is 7.95. The fourth-order valence-electron chi connectivity index (χ4n) is 2.35. The van der Waals surface area contributed by atoms with Crippen LogP contribution < -0.4 is 4.72 Å². The minimum Gasteiger partial charge on any atom is -0.280 e. The smallest absolute Gasteiger partial charge is 0.261 e. The molecule has 10 heteroatoms. The van der Waals surface area contributed by atoms with Crippen molar-refractivity contribution < 1.29 is 16.8 Å². The molecule has 0 radical (unpaired) electrons. The van der Waals surface area contributed by atoms with Crippen LogP contribution in [0.5, 0.6) is 0 Å². The Balaban J connectivity index is 1.80. The third-order valence-corrected chi connectivity index (χ3v) is 7.11. The van der Waals surface area contributed by atoms with Gasteiger partial charge in [0, 0.05) is 16.3 Å². The Bertz CT molecular complexity index is 1190. The topological polar surface area (TPSA) is 106 Å². The molecule has 0 amide bonds. The molecule has 3 aromatic rings. The standard InChI is InChI=1S/C18H16ClN3O4S2/c1-2-27(23,24)18-11-10-17(20-21-18)13-6-8-15(9-7-13)22-28(25,26)16-5-3-4-14(19)12-16/h3-12,22H,2H2,1H3. The molecule has 0 fully saturated rings. The molecule has 28 heavy (non-hydrogen) atoms. The Labute approximate surface area is 168 Å². The predicted molar refractivity (Wildman–Crippen MR) is 107 cm³/mol. The molecular formula is C18H16ClN3O4S2. The van der Waals surface area contributed by atoms with Crippen molar-refractivity contribution in [2.24, 2.45) is 0 Å². The zero-order chi connectivity index (χ0) is 20.4. The number of anilines is 1. The minimum absolute atomic E-state index is 0.0531. The summed E-state index contributed by atoms with van der Waals surface area (Å²) in [5.41, 5.74) is 1.50. The van der Waals surface area contributed by atoms with Gasteiger partial charge in [-0.15, -0.1) is 10.2 Å². The van der Waals surface area contributed by atoms with Gasteiger partial charge in [0.25, 0.3) is 10.0 Å². The van der Waals surface area contributed by atoms with Crippen LogP contribution in [0.25, 0.3) is 11.3 Å². The third kappa shape index (κ3) is 4.49. The summed E-state index contributed by atoms with van der Waals surface area (Å²) in [5.74, 6) is -0.0531. The SMILES string of the molecule is CCS(=O)(=O)c1ccc(-c2ccc(NS(=O)(=O)c3cccc(Cl)c3)cc2)nn1. The molecule has 0 atom stereocenters. The number of aromatic nitrogens is 2. The fraction of sp³-hybridized carbons (Fsp3) is 0.111. The number of nitrogens with one attached hydrogen (secondary N) is 1. The maximum atomic E-state index is 12.4. The minimum atomic E-state index is -3.77. The van der Waals surface area contributed by atoms with Gasteiger partial charge in [-0.2, -0.15) is 0 Å². The molecule has 0 saturated heterocycles. The first-order valence-corrected chi connectivity index (χ1v) is 11.7. The number of benzene rings is 2. The number of rotatable bonds is 6. The highest BCUT2D eigenvalue weighted by molar-refractivity contribution is 7.92. The van der Waals surface area contributed by atoms with Gasteiger partial charge < -0.3 is 0 Å². The van der Waals surface area contributed by atoms with Crippen LogP contribution in [0.3, 0.4) is 0 Å². The maximum Gasteiger partial charge on any atom is 0.261 e. The monoisotopic (exact) mass is 437 g/mol. The fourth-order valence-corrected chi connectivity index (χ4v) is 4.44. The molecule has 0 aliphatic carbocycles. The van der Waals surface area contributed by atoms with E-state index in [9.17, 15) is 16.8 Å². The van der Waals surface area contributed by atoms with Gasteiger partial charge >= 0.3 is 0 Å². The number of sulfonamides is 1. The average Bonchev–Trinajstić information content (AvgIpc) is 2.68. The van der Waals surface area contributed by atoms with Crippen LogP contribution in [0.2, 0.25) is 5.02 Å². The van der Waals surface area contributed by atoms with E-state index in [0.29, 0.717) is 22.0 Å². The molecule has 7 nitrogen and oxygen atoms in total. The molecular weight excluding hydrogens is 422 g/mol. The molecule has 0 saturated carbocycles. The van der Waals surface area contributed by atoms with Crippen molar-refractivity contribution >= 4 is 37.1 Å². The molecule has 1 N–H and O–H groups in total. The van der Waals surface area contributed by atoms with Crippen molar-refractivity contribution in [3.63, 3.8) is 0 Å². The lowest BCUT2D eigenvalue weighted by molar-refractivity contribution is 0.591. The lowest BCUT2D eigenvalue weighted by atomic mass is 10.1. The molecule has 3 rings (SSSR count). The molecule has 2 aromatic carbocycles. The third-order valence-electron chi connectivity index (χ3n) is 3.88. The summed E-state index contributed by atoms with van der Waals surface area (Å²) in [6.07, 6.45) is 0. The second-order valence-electron chi connectivity index (χ2n) is 5.80. The summed E-state index contributed by atoms with van der Waals surface area (Å²) in [6.45, 7) is 1.54. The Kier molecular flexibility index (Phi) is 5.69. The molecule has 0 unspecified atom stereocenters. The van der Waals surface area contributed by atoms with Crippen molar-refractivity contribution in [1.29, 1.82) is 0 Å². The second kappa shape index (κ2) is 7.86. The van der Waals surface area contributed by atoms with Crippen molar-refractivity contribution in [2.45, 2.75) is 16.8 Å². The van der Waals surface area contributed by atoms with Crippen LogP contribution in [0.4, 0.5) is 5.69 Å². The summed E-state index contributed by atoms with van der Waals surface area (Å²) in [7, 11) is -7.18. The number of sulfone groups is 1. The van der Waals surface area contributed by atoms with Crippen molar-refractivity contribution in [3.8, 4) is 11.3 Å². The number of hydrogen-bond donors (Lipinski definition) is 1. The van der Waals surface area contributed by atoms with Gasteiger partial charge in [-0.1, -0.05) is 36.7 Å². The van der Waals surface area contributed by atoms with Gasteiger partial charge in [-0.05, 0) is 42.5 Å². The van der Waals surface area contributed by atoms with Crippen molar-refractivity contribution in [3.05, 3.63) is 65.7 Å². The maximum absolute atomic E-state index is 12.4. The zero-order valence-corrected chi connectivity index (χ0v) is 17.1. The Morgan fingerprint density at radius 1 is 0.929 bits per heavy atom. The van der Waals surface area contributed by atoms with Crippen LogP contribution in [0.15, 0.2) is 70.6 Å². The van der Waals surface area contributed by atoms with Crippen molar-refractivity contribution in [1.82, 2.24) is 10.2 Å². The Morgan fingerprint density at radius 3 is 2.21 bits per heavy atom. The van der Waals surface area contributed by atoms with Crippen LogP contribution in [0.1, 0.15) is 6.92 Å². The second-order valence-corrected chi connectivity index (χ2v) is 10.1. The van der Waals surface area contributed by atoms with E-state index in [4.69, 9.17) is 11.6 Å². The van der Waals surface area contributed by atoms with Gasteiger partial charge in [0.05, 0.1) is 16.3 Å². The summed E-state index contributed by atoms with van der Waals surface area (Å²) in [6, 6.07) is 15.4. The van der Waals surface area contributed by atoms with E-state index >= 15 is 0 Å². The van der Waals surface area contributed by atoms with Crippen molar-refractivity contribution in [2.75, 3.05) is 10.5 Å². The summed E-state index contributed by atoms with van der Waals surface area (Å²) >= 11 is 5.85. The predicted octanol–water partition coefficient (Wildman–Crippen LogP) is 3.39. The van der Waals surface area contributed by atoms with E-state index in [0.717, 1.165) is 0 Å². The summed E-state index contributed by atoms with van der Waals surface area (Å²) in [4.78, 5) is 0.0580. The van der Waals surface area contributed by atoms with Gasteiger partial charge in [0.15, 0.2) is 14.9 Å². The molecule has 0 spiro atoms. The van der Waals surface area contributed by atoms with Gasteiger partial charge in [-0.25, -0.2) is 16.8 Å². The first-order valence-electron chi connectivity index (χ1n) is 8.16. The van der Waals surface area contributed by atoms with E-state index in [1.165, 1.54) is 25.1 Å². The summed E-state index contributed by atoms with van der Waals surface area (Å²) < 4.78 is 50.9. The van der Waals surface area contributed by atoms with Crippen LogP contribution in [-0.2, 0) is 19.9 Å². The van der Waals surface area contributed by atoms with Gasteiger partial charge in [0.1, 0.15) is 0 Å². The van der Waals surface area contributed by atoms with E-state index in [1.54, 1.807) is 42.5 Å². The van der Waals surface area contributed by atoms with E-state index in [-0.39, 0.29) is 15.7 Å². The lowest BCUT2D eigenvalue weighted by Crippen LogP contribution is -2.12. The van der Waals surface area contributed by atoms with Crippen LogP contribution >= 0.6 is 11.6 Å². The highest BCUT2D eigenvalue weighted by Gasteiger charge is 2.16. The quantitative estimate of drug-likeness (QED) is 0.633. The Hall–Kier alpha value is -2.49. The largest absolute Gasteiger partial charge is 0.280 e. The van der Waals surface area contributed by atoms with E-state index in [1.807, 2.05) is 0 Å². The number of hydrogen-bond acceptors (Lipinski definition) is 6. The van der Waals surface area contributed by atoms with Gasteiger partial charge in [0.2, 0.25) is 0 Å². The molecule has 146 valence electrons. The van der Waals surface area contributed by atoms with E-state index < -0.39 is 19.9 Å². The van der Waals surface area contributed by atoms with Crippen LogP contribution in [0, 0.1) is 0 Å². The highest BCUT2D eigenvalue weighted by atomic mass is 35.5. The van der Waals surface area contributed by atoms with Crippen LogP contribution in [-0.4, -0.2) is 32.8 Å². The average molecular weight is 438 g/mol. The Morgan fingerprint density at radius 2 is 1.64 bits per heavy atom. The zero-order valence-electron chi connectivity index (χ0n) is 14.7. The normalized spacial score (nSPS) is 11.9. The first kappa shape index (κ1) is 20.2. The molecule has 0 aliphatic heterocycles. The first-order chi connectivity index (χ1) is 13.2. The highest BCUT2D eigenvalue weighted by Crippen LogP contribution is 2.23. The molecule has 0 bridgehead atoms. The molecule has 1 aromatic heterocycles. The van der Waals surface area contributed by atoms with E-state index in [2.05, 4.69) is 14.9 Å². The molecule has 1 heterocycles. The van der Waals surface area contributed by atoms with Gasteiger partial charge in [-0.3, -0.25) is 4.72 Å². The molecule has 0 aliphatic rings. The number of nitrogens with zero attached hydrogens (tertiary/aromatic N) is 2. The number of halogens is 1.